The molecular formula is C17H26N2O2. The van der Waals surface area contributed by atoms with Gasteiger partial charge in [-0.1, -0.05) is 43.5 Å². The summed E-state index contributed by atoms with van der Waals surface area (Å²) in [6.07, 6.45) is 6.70. The van der Waals surface area contributed by atoms with Crippen molar-refractivity contribution in [3.05, 3.63) is 35.4 Å². The van der Waals surface area contributed by atoms with Gasteiger partial charge in [0.1, 0.15) is 0 Å². The Morgan fingerprint density at radius 2 is 1.95 bits per heavy atom. The van der Waals surface area contributed by atoms with Gasteiger partial charge in [0, 0.05) is 6.61 Å². The Labute approximate surface area is 127 Å². The number of rotatable bonds is 6. The van der Waals surface area contributed by atoms with Crippen LogP contribution in [-0.2, 0) is 16.1 Å². The largest absolute Gasteiger partial charge is 0.376 e. The zero-order chi connectivity index (χ0) is 15.1. The predicted molar refractivity (Wildman–Crippen MR) is 83.4 cm³/mol. The second-order valence-corrected chi connectivity index (χ2v) is 5.99. The Balaban J connectivity index is 1.78. The van der Waals surface area contributed by atoms with E-state index in [-0.39, 0.29) is 11.8 Å². The molecule has 1 fully saturated rings. The quantitative estimate of drug-likeness (QED) is 0.481. The second-order valence-electron chi connectivity index (χ2n) is 5.99. The fourth-order valence-electron chi connectivity index (χ4n) is 2.88. The zero-order valence-corrected chi connectivity index (χ0v) is 12.8. The van der Waals surface area contributed by atoms with E-state index in [0.717, 1.165) is 23.7 Å². The average molecular weight is 290 g/mol. The van der Waals surface area contributed by atoms with Crippen LogP contribution in [0, 0.1) is 5.92 Å². The number of hydrazine groups is 1. The smallest absolute Gasteiger partial charge is 0.241 e. The maximum Gasteiger partial charge on any atom is 0.241 e. The van der Waals surface area contributed by atoms with Crippen LogP contribution in [0.5, 0.6) is 0 Å². The highest BCUT2D eigenvalue weighted by molar-refractivity contribution is 5.82. The van der Waals surface area contributed by atoms with Crippen molar-refractivity contribution in [3.8, 4) is 0 Å². The summed E-state index contributed by atoms with van der Waals surface area (Å²) in [7, 11) is 0. The van der Waals surface area contributed by atoms with Gasteiger partial charge in [-0.3, -0.25) is 10.2 Å². The molecule has 116 valence electrons. The van der Waals surface area contributed by atoms with Crippen LogP contribution < -0.4 is 11.3 Å². The van der Waals surface area contributed by atoms with Gasteiger partial charge in [-0.15, -0.1) is 0 Å². The average Bonchev–Trinajstić information content (AvgIpc) is 2.55. The third-order valence-corrected chi connectivity index (χ3v) is 4.36. The first-order valence-electron chi connectivity index (χ1n) is 7.87. The maximum atomic E-state index is 11.5. The van der Waals surface area contributed by atoms with Crippen molar-refractivity contribution >= 4 is 5.91 Å². The summed E-state index contributed by atoms with van der Waals surface area (Å²) in [5.74, 6) is 5.50. The predicted octanol–water partition coefficient (Wildman–Crippen LogP) is 2.88. The van der Waals surface area contributed by atoms with Crippen molar-refractivity contribution in [2.75, 3.05) is 6.61 Å². The van der Waals surface area contributed by atoms with Crippen LogP contribution in [0.25, 0.3) is 0 Å². The molecule has 0 radical (unpaired) electrons. The Kier molecular flexibility index (Phi) is 6.21. The van der Waals surface area contributed by atoms with E-state index in [2.05, 4.69) is 5.43 Å². The molecule has 0 aliphatic heterocycles. The van der Waals surface area contributed by atoms with E-state index < -0.39 is 0 Å². The molecule has 4 nitrogen and oxygen atoms in total. The van der Waals surface area contributed by atoms with Crippen LogP contribution in [-0.4, -0.2) is 12.5 Å². The van der Waals surface area contributed by atoms with Gasteiger partial charge in [0.2, 0.25) is 5.91 Å². The Bertz CT molecular complexity index is 439. The van der Waals surface area contributed by atoms with E-state index >= 15 is 0 Å². The molecule has 0 bridgehead atoms. The molecule has 0 aromatic heterocycles. The minimum atomic E-state index is -0.229. The summed E-state index contributed by atoms with van der Waals surface area (Å²) in [5.41, 5.74) is 4.30. The summed E-state index contributed by atoms with van der Waals surface area (Å²) in [6.45, 7) is 3.36. The number of benzene rings is 1. The van der Waals surface area contributed by atoms with Crippen LogP contribution in [0.15, 0.2) is 24.3 Å². The lowest BCUT2D eigenvalue weighted by Gasteiger charge is -2.21. The molecule has 4 heteroatoms. The SMILES string of the molecule is CC(C(=O)NN)c1ccc(COCC2CCCCC2)cc1. The normalized spacial score (nSPS) is 17.4. The lowest BCUT2D eigenvalue weighted by Crippen LogP contribution is -2.33. The van der Waals surface area contributed by atoms with Gasteiger partial charge in [0.25, 0.3) is 0 Å². The number of hydrogen-bond acceptors (Lipinski definition) is 3. The molecule has 1 unspecified atom stereocenters. The number of ether oxygens (including phenoxy) is 1. The second kappa shape index (κ2) is 8.15. The topological polar surface area (TPSA) is 64.4 Å². The molecule has 1 aromatic rings. The number of nitrogens with one attached hydrogen (secondary N) is 1. The van der Waals surface area contributed by atoms with Gasteiger partial charge in [0.05, 0.1) is 12.5 Å². The molecule has 1 saturated carbocycles. The first-order chi connectivity index (χ1) is 10.2. The fraction of sp³-hybridized carbons (Fsp3) is 0.588. The highest BCUT2D eigenvalue weighted by Gasteiger charge is 2.14. The first kappa shape index (κ1) is 16.0. The van der Waals surface area contributed by atoms with Crippen LogP contribution in [0.3, 0.4) is 0 Å². The molecule has 1 aliphatic carbocycles. The highest BCUT2D eigenvalue weighted by atomic mass is 16.5. The maximum absolute atomic E-state index is 11.5. The molecular weight excluding hydrogens is 264 g/mol. The molecule has 0 heterocycles. The molecule has 0 spiro atoms. The summed E-state index contributed by atoms with van der Waals surface area (Å²) < 4.78 is 5.83. The van der Waals surface area contributed by atoms with E-state index in [1.165, 1.54) is 32.1 Å². The van der Waals surface area contributed by atoms with Crippen LogP contribution in [0.2, 0.25) is 0 Å². The van der Waals surface area contributed by atoms with Gasteiger partial charge in [-0.2, -0.15) is 0 Å². The lowest BCUT2D eigenvalue weighted by molar-refractivity contribution is -0.122. The molecule has 0 saturated heterocycles. The number of amides is 1. The third-order valence-electron chi connectivity index (χ3n) is 4.36. The van der Waals surface area contributed by atoms with Gasteiger partial charge >= 0.3 is 0 Å². The van der Waals surface area contributed by atoms with Crippen molar-refractivity contribution in [1.82, 2.24) is 5.43 Å². The van der Waals surface area contributed by atoms with Gasteiger partial charge < -0.3 is 4.74 Å². The zero-order valence-electron chi connectivity index (χ0n) is 12.8. The molecule has 1 aliphatic rings. The number of carbonyl (C=O) groups is 1. The van der Waals surface area contributed by atoms with Gasteiger partial charge in [-0.05, 0) is 36.8 Å². The Morgan fingerprint density at radius 3 is 2.57 bits per heavy atom. The van der Waals surface area contributed by atoms with E-state index in [1.807, 2.05) is 31.2 Å². The van der Waals surface area contributed by atoms with Crippen LogP contribution in [0.1, 0.15) is 56.1 Å². The molecule has 21 heavy (non-hydrogen) atoms. The molecule has 1 atom stereocenters. The fourth-order valence-corrected chi connectivity index (χ4v) is 2.88. The summed E-state index contributed by atoms with van der Waals surface area (Å²) in [6, 6.07) is 7.99. The number of hydrogen-bond donors (Lipinski definition) is 2. The summed E-state index contributed by atoms with van der Waals surface area (Å²) in [5, 5.41) is 0. The van der Waals surface area contributed by atoms with Crippen LogP contribution in [0.4, 0.5) is 0 Å². The van der Waals surface area contributed by atoms with Gasteiger partial charge in [0.15, 0.2) is 0 Å². The lowest BCUT2D eigenvalue weighted by atomic mass is 9.90. The van der Waals surface area contributed by atoms with Crippen LogP contribution >= 0.6 is 0 Å². The standard InChI is InChI=1S/C17H26N2O2/c1-13(17(20)19-18)16-9-7-15(8-10-16)12-21-11-14-5-3-2-4-6-14/h7-10,13-14H,2-6,11-12,18H2,1H3,(H,19,20). The van der Waals surface area contributed by atoms with E-state index in [4.69, 9.17) is 10.6 Å². The van der Waals surface area contributed by atoms with Crippen molar-refractivity contribution in [3.63, 3.8) is 0 Å². The number of carbonyl (C=O) groups excluding carboxylic acids is 1. The van der Waals surface area contributed by atoms with E-state index in [1.54, 1.807) is 0 Å². The van der Waals surface area contributed by atoms with Crippen molar-refractivity contribution in [2.45, 2.75) is 51.6 Å². The minimum Gasteiger partial charge on any atom is -0.376 e. The van der Waals surface area contributed by atoms with Crippen molar-refractivity contribution in [2.24, 2.45) is 11.8 Å². The first-order valence-corrected chi connectivity index (χ1v) is 7.87. The summed E-state index contributed by atoms with van der Waals surface area (Å²) >= 11 is 0. The Hall–Kier alpha value is -1.39. The summed E-state index contributed by atoms with van der Waals surface area (Å²) in [4.78, 5) is 11.5. The highest BCUT2D eigenvalue weighted by Crippen LogP contribution is 2.24. The van der Waals surface area contributed by atoms with E-state index in [0.29, 0.717) is 6.61 Å². The monoisotopic (exact) mass is 290 g/mol. The minimum absolute atomic E-state index is 0.170. The van der Waals surface area contributed by atoms with Crippen molar-refractivity contribution in [1.29, 1.82) is 0 Å². The molecule has 2 rings (SSSR count). The van der Waals surface area contributed by atoms with Gasteiger partial charge in [-0.25, -0.2) is 5.84 Å². The third kappa shape index (κ3) is 4.83. The molecule has 1 aromatic carbocycles. The van der Waals surface area contributed by atoms with E-state index in [9.17, 15) is 4.79 Å². The molecule has 1 amide bonds. The van der Waals surface area contributed by atoms with Crippen molar-refractivity contribution < 1.29 is 9.53 Å². The molecule has 3 N–H and O–H groups in total. The number of nitrogens with two attached hydrogens (primary N) is 1. The Morgan fingerprint density at radius 1 is 1.29 bits per heavy atom.